The van der Waals surface area contributed by atoms with E-state index in [0.717, 1.165) is 35.4 Å². The summed E-state index contributed by atoms with van der Waals surface area (Å²) in [6.45, 7) is 11.9. The van der Waals surface area contributed by atoms with E-state index in [1.165, 1.54) is 124 Å². The summed E-state index contributed by atoms with van der Waals surface area (Å²) in [7, 11) is -13.6. The number of hydrogen-bond donors (Lipinski definition) is 6. The average molecular weight is 1950 g/mol. The van der Waals surface area contributed by atoms with E-state index in [1.54, 1.807) is 72.8 Å². The number of hydrogen-bond acceptors (Lipinski definition) is 15. The fourth-order valence-corrected chi connectivity index (χ4v) is 21.9. The Morgan fingerprint density at radius 2 is 0.561 bits per heavy atom. The lowest BCUT2D eigenvalue weighted by atomic mass is 9.95. The molecule has 21 nitrogen and oxygen atoms in total. The van der Waals surface area contributed by atoms with E-state index in [4.69, 9.17) is 31.4 Å². The molecule has 9 aromatic carbocycles. The zero-order valence-electron chi connectivity index (χ0n) is 68.7. The maximum atomic E-state index is 16.2. The van der Waals surface area contributed by atoms with Crippen LogP contribution in [0.2, 0.25) is 0 Å². The Labute approximate surface area is 739 Å². The smallest absolute Gasteiger partial charge is 0.298 e. The van der Waals surface area contributed by atoms with Gasteiger partial charge in [-0.05, 0) is 259 Å². The minimum absolute atomic E-state index is 0.0176. The molecule has 0 aliphatic carbocycles. The highest BCUT2D eigenvalue weighted by Crippen LogP contribution is 2.46. The minimum Gasteiger partial charge on any atom is -0.491 e. The zero-order chi connectivity index (χ0) is 88.6. The van der Waals surface area contributed by atoms with Gasteiger partial charge in [0.1, 0.15) is 17.2 Å². The maximum Gasteiger partial charge on any atom is 0.298 e. The van der Waals surface area contributed by atoms with Gasteiger partial charge in [-0.15, -0.1) is 0 Å². The number of nitrogens with zero attached hydrogens (tertiary/aromatic N) is 3. The number of carbonyl (C=O) groups is 3. The summed E-state index contributed by atoms with van der Waals surface area (Å²) in [4.78, 5) is 45.3. The van der Waals surface area contributed by atoms with E-state index in [1.807, 2.05) is 41.5 Å². The van der Waals surface area contributed by atoms with Crippen molar-refractivity contribution in [2.24, 2.45) is 17.2 Å². The van der Waals surface area contributed by atoms with Crippen LogP contribution >= 0.6 is 47.8 Å². The van der Waals surface area contributed by atoms with Crippen molar-refractivity contribution in [2.75, 3.05) is 0 Å². The quantitative estimate of drug-likeness (QED) is 0.0261. The van der Waals surface area contributed by atoms with Gasteiger partial charge in [0.2, 0.25) is 47.8 Å². The van der Waals surface area contributed by atoms with Crippen LogP contribution in [0.1, 0.15) is 155 Å². The molecule has 0 radical (unpaired) electrons. The van der Waals surface area contributed by atoms with Gasteiger partial charge in [0.15, 0.2) is 18.1 Å². The van der Waals surface area contributed by atoms with Gasteiger partial charge >= 0.3 is 0 Å². The Hall–Kier alpha value is -7.80. The van der Waals surface area contributed by atoms with Gasteiger partial charge in [0.25, 0.3) is 17.8 Å². The van der Waals surface area contributed by atoms with Crippen LogP contribution in [-0.2, 0) is 62.2 Å². The second-order valence-corrected chi connectivity index (χ2v) is 41.0. The number of piperidine rings is 3. The van der Waals surface area contributed by atoms with E-state index in [9.17, 15) is 39.6 Å². The largest absolute Gasteiger partial charge is 0.491 e. The number of benzene rings is 9. The zero-order valence-corrected chi connectivity index (χ0v) is 75.9. The van der Waals surface area contributed by atoms with Crippen LogP contribution in [0, 0.1) is 0 Å². The van der Waals surface area contributed by atoms with E-state index in [-0.39, 0.29) is 87.4 Å². The van der Waals surface area contributed by atoms with Crippen molar-refractivity contribution in [2.45, 2.75) is 261 Å². The Balaban J connectivity index is 0.000000159. The summed E-state index contributed by atoms with van der Waals surface area (Å²) in [5.41, 5.74) is 17.0. The number of sulfonamides is 3. The first-order chi connectivity index (χ1) is 58.2. The highest BCUT2D eigenvalue weighted by molar-refractivity contribution is 9.11. The number of alkyl halides is 6. The molecule has 6 aliphatic heterocycles. The van der Waals surface area contributed by atoms with Gasteiger partial charge in [-0.25, -0.2) is 25.3 Å². The molecule has 0 spiro atoms. The molecule has 15 rings (SSSR count). The molecule has 0 aromatic heterocycles. The molecule has 3 amide bonds. The fraction of sp³-hybridized carbons (Fsp3) is 0.433. The molecule has 6 bridgehead atoms. The van der Waals surface area contributed by atoms with Gasteiger partial charge in [0.05, 0.1) is 33.0 Å². The molecule has 9 aromatic rings. The van der Waals surface area contributed by atoms with Crippen molar-refractivity contribution in [3.63, 3.8) is 0 Å². The van der Waals surface area contributed by atoms with Gasteiger partial charge < -0.3 is 46.1 Å². The number of carbonyl (C=O) groups excluding carboxylic acids is 3. The molecule has 660 valence electrons. The van der Waals surface area contributed by atoms with Crippen molar-refractivity contribution < 1.29 is 80.2 Å². The minimum atomic E-state index is -4.54. The predicted octanol–water partition coefficient (Wildman–Crippen LogP) is 17.1. The first-order valence-corrected chi connectivity index (χ1v) is 48.3. The molecule has 12 atom stereocenters. The summed E-state index contributed by atoms with van der Waals surface area (Å²) in [6, 6.07) is 35.5. The summed E-state index contributed by atoms with van der Waals surface area (Å²) >= 11 is 9.71. The molecule has 6 saturated heterocycles. The third-order valence-corrected chi connectivity index (χ3v) is 30.3. The second kappa shape index (κ2) is 38.0. The Morgan fingerprint density at radius 3 is 0.772 bits per heavy atom. The number of amides is 3. The summed E-state index contributed by atoms with van der Waals surface area (Å²) in [6.07, 6.45) is 9.46. The maximum absolute atomic E-state index is 16.2. The topological polar surface area (TPSA) is 305 Å². The number of nitrogens with two attached hydrogens (primary N) is 3. The van der Waals surface area contributed by atoms with E-state index >= 15 is 26.3 Å². The van der Waals surface area contributed by atoms with Crippen molar-refractivity contribution in [1.82, 2.24) is 28.9 Å². The number of ether oxygens (including phenoxy) is 3. The van der Waals surface area contributed by atoms with Crippen molar-refractivity contribution in [3.05, 3.63) is 212 Å². The van der Waals surface area contributed by atoms with Crippen LogP contribution in [0.15, 0.2) is 210 Å². The lowest BCUT2D eigenvalue weighted by molar-refractivity contribution is -0.150. The Morgan fingerprint density at radius 1 is 0.358 bits per heavy atom. The SMILES string of the molecule is CC[C@@H](C)Oc1ccc2cc(S(=O)(=O)N[C@@H](C(=O)N3C4CCC3CC(N)C4)C(F)(F)c3ccc(Br)cc3)ccc2c1.CC[C@H](C)Oc1ccc2cc(S(=O)(=O)N[C@@H](C(=O)N3C4CCC3CC(N)C4)C(F)(F)c3ccc(Br)cc3)ccc2c1.CC[C@H](C)Oc1ccc2cc(S(=O)(=O)N[C@H](C(=O)N3C4CCC3CC(N)C4)C(F)(F)c3ccc(Br)cc3)ccc2c1. The molecule has 6 heterocycles. The average Bonchev–Trinajstić information content (AvgIpc) is 1.73. The molecule has 0 saturated carbocycles. The molecular weight excluding hydrogens is 1850 g/mol. The Bertz CT molecular complexity index is 5120. The monoisotopic (exact) mass is 1950 g/mol. The molecule has 9 N–H and O–H groups in total. The van der Waals surface area contributed by atoms with E-state index in [2.05, 4.69) is 62.0 Å². The predicted molar refractivity (Wildman–Crippen MR) is 472 cm³/mol. The molecule has 6 fully saturated rings. The second-order valence-electron chi connectivity index (χ2n) is 33.2. The van der Waals surface area contributed by atoms with E-state index in [0.29, 0.717) is 124 Å². The molecule has 33 heteroatoms. The highest BCUT2D eigenvalue weighted by Gasteiger charge is 2.57. The standard InChI is InChI=1S/3C30H34BrF2N3O4S/c3*1-3-18(2)40-26-12-4-20-15-27(13-5-19(20)14-26)41(38,39)35-28(30(32,33)21-6-8-22(31)9-7-21)29(37)36-24-10-11-25(36)17-23(34)16-24/h3*4-9,12-15,18,23-25,28,35H,3,10-11,16-17,34H2,1-2H3/t2*18-,23?,24?,25?,28+;18-,23?,24?,25?,28-/m100/s1. The number of nitrogens with one attached hydrogen (secondary N) is 3. The lowest BCUT2D eigenvalue weighted by Crippen LogP contribution is -2.60. The molecule has 6 unspecified atom stereocenters. The van der Waals surface area contributed by atoms with Crippen LogP contribution in [0.25, 0.3) is 32.3 Å². The molecule has 6 aliphatic rings. The van der Waals surface area contributed by atoms with Crippen LogP contribution in [-0.4, -0.2) is 148 Å². The first-order valence-electron chi connectivity index (χ1n) is 41.5. The van der Waals surface area contributed by atoms with Crippen LogP contribution in [0.4, 0.5) is 26.3 Å². The third-order valence-electron chi connectivity index (χ3n) is 24.4. The van der Waals surface area contributed by atoms with Gasteiger partial charge in [0, 0.05) is 84.5 Å². The first kappa shape index (κ1) is 92.9. The van der Waals surface area contributed by atoms with Gasteiger partial charge in [-0.3, -0.25) is 14.4 Å². The summed E-state index contributed by atoms with van der Waals surface area (Å²) in [5.74, 6) is -12.4. The van der Waals surface area contributed by atoms with Crippen LogP contribution in [0.5, 0.6) is 17.2 Å². The van der Waals surface area contributed by atoms with Gasteiger partial charge in [-0.1, -0.05) is 141 Å². The number of rotatable bonds is 27. The normalized spacial score (nSPS) is 22.5. The summed E-state index contributed by atoms with van der Waals surface area (Å²) < 4.78 is 204. The third kappa shape index (κ3) is 20.9. The van der Waals surface area contributed by atoms with Crippen molar-refractivity contribution >= 4 is 128 Å². The van der Waals surface area contributed by atoms with Crippen LogP contribution < -0.4 is 45.6 Å². The van der Waals surface area contributed by atoms with Crippen molar-refractivity contribution in [3.8, 4) is 17.2 Å². The fourth-order valence-electron chi connectivity index (χ4n) is 17.5. The van der Waals surface area contributed by atoms with E-state index < -0.39 is 100 Å². The Kier molecular flexibility index (Phi) is 28.7. The highest BCUT2D eigenvalue weighted by atomic mass is 79.9. The van der Waals surface area contributed by atoms with Gasteiger partial charge in [-0.2, -0.15) is 40.5 Å². The molecule has 123 heavy (non-hydrogen) atoms. The van der Waals surface area contributed by atoms with Crippen molar-refractivity contribution in [1.29, 1.82) is 0 Å². The lowest BCUT2D eigenvalue weighted by Gasteiger charge is -2.41. The molecular formula is C90H102Br3F6N9O12S3. The van der Waals surface area contributed by atoms with Crippen LogP contribution in [0.3, 0.4) is 0 Å². The summed E-state index contributed by atoms with van der Waals surface area (Å²) in [5, 5.41) is 3.98. The number of fused-ring (bicyclic) bond motifs is 9. The number of halogens is 9.